The van der Waals surface area contributed by atoms with Crippen LogP contribution in [0, 0.1) is 0 Å². The fourth-order valence-electron chi connectivity index (χ4n) is 2.29. The summed E-state index contributed by atoms with van der Waals surface area (Å²) in [5.41, 5.74) is 1.26. The Morgan fingerprint density at radius 1 is 1.29 bits per heavy atom. The zero-order valence-corrected chi connectivity index (χ0v) is 13.6. The number of ether oxygens (including phenoxy) is 1. The normalized spacial score (nSPS) is 10.6. The molecule has 0 spiro atoms. The molecular formula is C17H14ClN3O3. The van der Waals surface area contributed by atoms with Crippen molar-refractivity contribution in [3.8, 4) is 0 Å². The average molecular weight is 344 g/mol. The molecule has 7 heteroatoms. The van der Waals surface area contributed by atoms with E-state index in [2.05, 4.69) is 20.0 Å². The molecule has 0 atom stereocenters. The number of hydrogen-bond acceptors (Lipinski definition) is 5. The Hall–Kier alpha value is -2.86. The van der Waals surface area contributed by atoms with Gasteiger partial charge in [0.1, 0.15) is 5.82 Å². The fraction of sp³-hybridized carbons (Fsp3) is 0.118. The number of benzene rings is 1. The standard InChI is InChI=1S/C17H14ClN3O3/c1-24-17(23)14-3-2-4-15(20-14)19-9-11-7-10-8-12(18)5-6-13(10)21-16(11)22/h2-8H,9H2,1H3,(H,19,20)(H,21,22). The molecule has 0 aliphatic heterocycles. The number of H-pyrrole nitrogens is 1. The van der Waals surface area contributed by atoms with Gasteiger partial charge in [0.25, 0.3) is 5.56 Å². The molecule has 24 heavy (non-hydrogen) atoms. The molecule has 0 amide bonds. The smallest absolute Gasteiger partial charge is 0.356 e. The van der Waals surface area contributed by atoms with Crippen LogP contribution in [0.5, 0.6) is 0 Å². The van der Waals surface area contributed by atoms with E-state index in [1.54, 1.807) is 42.5 Å². The number of esters is 1. The molecule has 122 valence electrons. The van der Waals surface area contributed by atoms with Gasteiger partial charge in [-0.15, -0.1) is 0 Å². The van der Waals surface area contributed by atoms with E-state index in [1.165, 1.54) is 7.11 Å². The first kappa shape index (κ1) is 16.0. The third-order valence-electron chi connectivity index (χ3n) is 3.49. The molecule has 0 unspecified atom stereocenters. The highest BCUT2D eigenvalue weighted by molar-refractivity contribution is 6.31. The average Bonchev–Trinajstić information content (AvgIpc) is 2.60. The number of carbonyl (C=O) groups is 1. The van der Waals surface area contributed by atoms with Gasteiger partial charge in [-0.1, -0.05) is 17.7 Å². The zero-order chi connectivity index (χ0) is 17.1. The third kappa shape index (κ3) is 3.38. The third-order valence-corrected chi connectivity index (χ3v) is 3.72. The molecule has 0 aliphatic rings. The summed E-state index contributed by atoms with van der Waals surface area (Å²) in [6.45, 7) is 0.259. The summed E-state index contributed by atoms with van der Waals surface area (Å²) in [6, 6.07) is 12.0. The van der Waals surface area contributed by atoms with Gasteiger partial charge in [0, 0.05) is 28.0 Å². The summed E-state index contributed by atoms with van der Waals surface area (Å²) in [5, 5.41) is 4.47. The van der Waals surface area contributed by atoms with Crippen molar-refractivity contribution < 1.29 is 9.53 Å². The summed E-state index contributed by atoms with van der Waals surface area (Å²) in [6.07, 6.45) is 0. The minimum Gasteiger partial charge on any atom is -0.464 e. The number of carbonyl (C=O) groups excluding carboxylic acids is 1. The molecule has 1 aromatic carbocycles. The first-order chi connectivity index (χ1) is 11.6. The van der Waals surface area contributed by atoms with Crippen LogP contribution in [0.15, 0.2) is 47.3 Å². The van der Waals surface area contributed by atoms with Crippen LogP contribution >= 0.6 is 11.6 Å². The van der Waals surface area contributed by atoms with Gasteiger partial charge in [-0.25, -0.2) is 9.78 Å². The Morgan fingerprint density at radius 2 is 2.12 bits per heavy atom. The molecule has 0 saturated heterocycles. The molecule has 0 aliphatic carbocycles. The first-order valence-electron chi connectivity index (χ1n) is 7.17. The first-order valence-corrected chi connectivity index (χ1v) is 7.55. The number of pyridine rings is 2. The molecule has 0 saturated carbocycles. The summed E-state index contributed by atoms with van der Waals surface area (Å²) >= 11 is 5.98. The van der Waals surface area contributed by atoms with Crippen LogP contribution < -0.4 is 10.9 Å². The second kappa shape index (κ2) is 6.72. The van der Waals surface area contributed by atoms with E-state index in [4.69, 9.17) is 11.6 Å². The number of nitrogens with one attached hydrogen (secondary N) is 2. The van der Waals surface area contributed by atoms with Gasteiger partial charge in [-0.2, -0.15) is 0 Å². The largest absolute Gasteiger partial charge is 0.464 e. The molecule has 0 fully saturated rings. The highest BCUT2D eigenvalue weighted by Gasteiger charge is 2.08. The number of aromatic amines is 1. The van der Waals surface area contributed by atoms with E-state index in [9.17, 15) is 9.59 Å². The lowest BCUT2D eigenvalue weighted by atomic mass is 10.1. The zero-order valence-electron chi connectivity index (χ0n) is 12.8. The van der Waals surface area contributed by atoms with Crippen molar-refractivity contribution in [2.24, 2.45) is 0 Å². The quantitative estimate of drug-likeness (QED) is 0.711. The molecule has 2 N–H and O–H groups in total. The molecule has 0 radical (unpaired) electrons. The number of hydrogen-bond donors (Lipinski definition) is 2. The number of methoxy groups -OCH3 is 1. The number of fused-ring (bicyclic) bond motifs is 1. The van der Waals surface area contributed by atoms with E-state index in [0.29, 0.717) is 16.4 Å². The minimum absolute atomic E-state index is 0.193. The van der Waals surface area contributed by atoms with Crippen molar-refractivity contribution in [2.75, 3.05) is 12.4 Å². The summed E-state index contributed by atoms with van der Waals surface area (Å²) in [7, 11) is 1.30. The van der Waals surface area contributed by atoms with Crippen LogP contribution in [0.4, 0.5) is 5.82 Å². The van der Waals surface area contributed by atoms with Crippen LogP contribution in [0.25, 0.3) is 10.9 Å². The Balaban J connectivity index is 1.84. The van der Waals surface area contributed by atoms with E-state index in [-0.39, 0.29) is 17.8 Å². The van der Waals surface area contributed by atoms with Gasteiger partial charge < -0.3 is 15.0 Å². The molecule has 2 heterocycles. The van der Waals surface area contributed by atoms with Gasteiger partial charge in [-0.05, 0) is 36.4 Å². The van der Waals surface area contributed by atoms with Crippen molar-refractivity contribution in [1.82, 2.24) is 9.97 Å². The van der Waals surface area contributed by atoms with Crippen LogP contribution in [0.2, 0.25) is 5.02 Å². The Kier molecular flexibility index (Phi) is 4.48. The Labute approximate surface area is 142 Å². The maximum atomic E-state index is 12.1. The van der Waals surface area contributed by atoms with Crippen molar-refractivity contribution in [1.29, 1.82) is 0 Å². The van der Waals surface area contributed by atoms with Crippen molar-refractivity contribution in [2.45, 2.75) is 6.54 Å². The predicted molar refractivity (Wildman–Crippen MR) is 92.5 cm³/mol. The van der Waals surface area contributed by atoms with Crippen LogP contribution in [0.3, 0.4) is 0 Å². The number of rotatable bonds is 4. The molecule has 2 aromatic heterocycles. The fourth-order valence-corrected chi connectivity index (χ4v) is 2.47. The predicted octanol–water partition coefficient (Wildman–Crippen LogP) is 2.98. The topological polar surface area (TPSA) is 84.1 Å². The summed E-state index contributed by atoms with van der Waals surface area (Å²) in [5.74, 6) is -0.0414. The van der Waals surface area contributed by atoms with Crippen LogP contribution in [0.1, 0.15) is 16.1 Å². The van der Waals surface area contributed by atoms with Gasteiger partial charge in [0.15, 0.2) is 5.69 Å². The van der Waals surface area contributed by atoms with Crippen LogP contribution in [-0.2, 0) is 11.3 Å². The van der Waals surface area contributed by atoms with E-state index < -0.39 is 5.97 Å². The summed E-state index contributed by atoms with van der Waals surface area (Å²) < 4.78 is 4.64. The molecule has 6 nitrogen and oxygen atoms in total. The summed E-state index contributed by atoms with van der Waals surface area (Å²) in [4.78, 5) is 30.6. The monoisotopic (exact) mass is 343 g/mol. The highest BCUT2D eigenvalue weighted by Crippen LogP contribution is 2.17. The molecule has 3 rings (SSSR count). The number of nitrogens with zero attached hydrogens (tertiary/aromatic N) is 1. The van der Waals surface area contributed by atoms with Gasteiger partial charge in [0.05, 0.1) is 7.11 Å². The van der Waals surface area contributed by atoms with E-state index >= 15 is 0 Å². The molecular weight excluding hydrogens is 330 g/mol. The van der Waals surface area contributed by atoms with E-state index in [0.717, 1.165) is 10.9 Å². The second-order valence-corrected chi connectivity index (χ2v) is 5.54. The lowest BCUT2D eigenvalue weighted by molar-refractivity contribution is 0.0594. The van der Waals surface area contributed by atoms with Gasteiger partial charge >= 0.3 is 5.97 Å². The number of aromatic nitrogens is 2. The maximum absolute atomic E-state index is 12.1. The molecule has 3 aromatic rings. The Morgan fingerprint density at radius 3 is 2.92 bits per heavy atom. The van der Waals surface area contributed by atoms with Gasteiger partial charge in [-0.3, -0.25) is 4.79 Å². The molecule has 0 bridgehead atoms. The minimum atomic E-state index is -0.517. The Bertz CT molecular complexity index is 969. The van der Waals surface area contributed by atoms with E-state index in [1.807, 2.05) is 0 Å². The van der Waals surface area contributed by atoms with Crippen molar-refractivity contribution in [3.05, 3.63) is 69.1 Å². The second-order valence-electron chi connectivity index (χ2n) is 5.11. The lowest BCUT2D eigenvalue weighted by Crippen LogP contribution is -2.16. The highest BCUT2D eigenvalue weighted by atomic mass is 35.5. The van der Waals surface area contributed by atoms with Crippen molar-refractivity contribution >= 4 is 34.3 Å². The van der Waals surface area contributed by atoms with Crippen molar-refractivity contribution in [3.63, 3.8) is 0 Å². The lowest BCUT2D eigenvalue weighted by Gasteiger charge is -2.07. The van der Waals surface area contributed by atoms with Crippen LogP contribution in [-0.4, -0.2) is 23.0 Å². The number of anilines is 1. The number of halogens is 1. The SMILES string of the molecule is COC(=O)c1cccc(NCc2cc3cc(Cl)ccc3[nH]c2=O)n1. The maximum Gasteiger partial charge on any atom is 0.356 e. The van der Waals surface area contributed by atoms with Gasteiger partial charge in [0.2, 0.25) is 0 Å².